The molecular weight excluding hydrogens is 361 g/mol. The van der Waals surface area contributed by atoms with Gasteiger partial charge in [-0.15, -0.1) is 0 Å². The molecule has 0 aliphatic rings. The Bertz CT molecular complexity index is 696. The molecule has 2 aromatic rings. The summed E-state index contributed by atoms with van der Waals surface area (Å²) in [4.78, 5) is 11.5. The third kappa shape index (κ3) is 3.32. The van der Waals surface area contributed by atoms with Gasteiger partial charge in [-0.2, -0.15) is 13.2 Å². The standard InChI is InChI=1S/C16H12BrF3O2/c1-22-15(21)10-6-7-12(11(8-10)9-17)13-4-2-3-5-14(13)16(18,19)20/h2-8H,9H2,1H3. The van der Waals surface area contributed by atoms with Gasteiger partial charge < -0.3 is 4.74 Å². The molecule has 6 heteroatoms. The van der Waals surface area contributed by atoms with E-state index in [9.17, 15) is 18.0 Å². The lowest BCUT2D eigenvalue weighted by Gasteiger charge is -2.15. The first-order valence-corrected chi connectivity index (χ1v) is 7.44. The van der Waals surface area contributed by atoms with Crippen LogP contribution in [0, 0.1) is 0 Å². The summed E-state index contributed by atoms with van der Waals surface area (Å²) in [5, 5.41) is 0.319. The Morgan fingerprint density at radius 1 is 1.14 bits per heavy atom. The van der Waals surface area contributed by atoms with Gasteiger partial charge in [-0.05, 0) is 34.9 Å². The average molecular weight is 373 g/mol. The number of benzene rings is 2. The number of ether oxygens (including phenoxy) is 1. The normalized spacial score (nSPS) is 11.3. The van der Waals surface area contributed by atoms with E-state index in [1.54, 1.807) is 6.07 Å². The minimum atomic E-state index is -4.44. The molecule has 0 heterocycles. The Kier molecular flexibility index (Phi) is 4.90. The number of rotatable bonds is 3. The van der Waals surface area contributed by atoms with Gasteiger partial charge in [-0.1, -0.05) is 40.2 Å². The molecule has 0 fully saturated rings. The molecule has 0 aliphatic carbocycles. The predicted octanol–water partition coefficient (Wildman–Crippen LogP) is 5.05. The number of methoxy groups -OCH3 is 1. The second kappa shape index (κ2) is 6.52. The molecule has 0 radical (unpaired) electrons. The van der Waals surface area contributed by atoms with E-state index in [0.29, 0.717) is 22.0 Å². The Morgan fingerprint density at radius 2 is 1.82 bits per heavy atom. The zero-order valence-corrected chi connectivity index (χ0v) is 13.2. The molecule has 2 nitrogen and oxygen atoms in total. The van der Waals surface area contributed by atoms with Gasteiger partial charge in [-0.3, -0.25) is 0 Å². The van der Waals surface area contributed by atoms with Crippen molar-refractivity contribution in [1.29, 1.82) is 0 Å². The second-order valence-electron chi connectivity index (χ2n) is 4.54. The summed E-state index contributed by atoms with van der Waals surface area (Å²) in [5.41, 5.74) is 0.686. The van der Waals surface area contributed by atoms with Crippen molar-refractivity contribution in [3.63, 3.8) is 0 Å². The highest BCUT2D eigenvalue weighted by molar-refractivity contribution is 9.08. The van der Waals surface area contributed by atoms with E-state index in [2.05, 4.69) is 20.7 Å². The average Bonchev–Trinajstić information content (AvgIpc) is 2.52. The zero-order chi connectivity index (χ0) is 16.3. The van der Waals surface area contributed by atoms with Crippen LogP contribution in [0.15, 0.2) is 42.5 Å². The molecule has 0 atom stereocenters. The molecule has 22 heavy (non-hydrogen) atoms. The summed E-state index contributed by atoms with van der Waals surface area (Å²) in [5.74, 6) is -0.530. The molecular formula is C16H12BrF3O2. The van der Waals surface area contributed by atoms with Crippen LogP contribution in [0.3, 0.4) is 0 Å². The van der Waals surface area contributed by atoms with Crippen molar-refractivity contribution >= 4 is 21.9 Å². The molecule has 0 unspecified atom stereocenters. The topological polar surface area (TPSA) is 26.3 Å². The van der Waals surface area contributed by atoms with E-state index >= 15 is 0 Å². The van der Waals surface area contributed by atoms with Crippen LogP contribution in [-0.4, -0.2) is 13.1 Å². The summed E-state index contributed by atoms with van der Waals surface area (Å²) in [6.45, 7) is 0. The monoisotopic (exact) mass is 372 g/mol. The fraction of sp³-hybridized carbons (Fsp3) is 0.188. The van der Waals surface area contributed by atoms with Gasteiger partial charge in [-0.25, -0.2) is 4.79 Å². The largest absolute Gasteiger partial charge is 0.465 e. The first-order chi connectivity index (χ1) is 10.4. The molecule has 116 valence electrons. The zero-order valence-electron chi connectivity index (χ0n) is 11.6. The van der Waals surface area contributed by atoms with Crippen molar-refractivity contribution in [3.8, 4) is 11.1 Å². The smallest absolute Gasteiger partial charge is 0.417 e. The van der Waals surface area contributed by atoms with E-state index in [1.807, 2.05) is 0 Å². The molecule has 0 bridgehead atoms. The Morgan fingerprint density at radius 3 is 2.41 bits per heavy atom. The van der Waals surface area contributed by atoms with E-state index < -0.39 is 17.7 Å². The highest BCUT2D eigenvalue weighted by Gasteiger charge is 2.33. The quantitative estimate of drug-likeness (QED) is 0.556. The summed E-state index contributed by atoms with van der Waals surface area (Å²) in [7, 11) is 1.25. The minimum absolute atomic E-state index is 0.0841. The van der Waals surface area contributed by atoms with Crippen molar-refractivity contribution in [1.82, 2.24) is 0 Å². The maximum atomic E-state index is 13.1. The fourth-order valence-electron chi connectivity index (χ4n) is 2.18. The fourth-order valence-corrected chi connectivity index (χ4v) is 2.64. The third-order valence-corrected chi connectivity index (χ3v) is 3.80. The van der Waals surface area contributed by atoms with Crippen LogP contribution < -0.4 is 0 Å². The van der Waals surface area contributed by atoms with Gasteiger partial charge in [0, 0.05) is 5.33 Å². The third-order valence-electron chi connectivity index (χ3n) is 3.19. The van der Waals surface area contributed by atoms with Crippen molar-refractivity contribution in [2.24, 2.45) is 0 Å². The molecule has 0 amide bonds. The van der Waals surface area contributed by atoms with Gasteiger partial charge in [0.05, 0.1) is 18.2 Å². The lowest BCUT2D eigenvalue weighted by atomic mass is 9.94. The number of hydrogen-bond donors (Lipinski definition) is 0. The predicted molar refractivity (Wildman–Crippen MR) is 80.9 cm³/mol. The van der Waals surface area contributed by atoms with Gasteiger partial charge in [0.1, 0.15) is 0 Å². The molecule has 2 rings (SSSR count). The van der Waals surface area contributed by atoms with Crippen molar-refractivity contribution in [2.75, 3.05) is 7.11 Å². The van der Waals surface area contributed by atoms with Crippen LogP contribution in [0.25, 0.3) is 11.1 Å². The van der Waals surface area contributed by atoms with E-state index in [1.165, 1.54) is 37.4 Å². The molecule has 0 saturated heterocycles. The van der Waals surface area contributed by atoms with E-state index in [4.69, 9.17) is 0 Å². The molecule has 0 aliphatic heterocycles. The van der Waals surface area contributed by atoms with E-state index in [0.717, 1.165) is 6.07 Å². The number of hydrogen-bond acceptors (Lipinski definition) is 2. The first kappa shape index (κ1) is 16.5. The van der Waals surface area contributed by atoms with Crippen LogP contribution in [0.1, 0.15) is 21.5 Å². The maximum Gasteiger partial charge on any atom is 0.417 e. The molecule has 2 aromatic carbocycles. The van der Waals surface area contributed by atoms with Crippen LogP contribution >= 0.6 is 15.9 Å². The summed E-state index contributed by atoms with van der Waals surface area (Å²) >= 11 is 3.25. The Hall–Kier alpha value is -1.82. The first-order valence-electron chi connectivity index (χ1n) is 6.32. The van der Waals surface area contributed by atoms with E-state index in [-0.39, 0.29) is 5.56 Å². The number of halogens is 4. The lowest BCUT2D eigenvalue weighted by molar-refractivity contribution is -0.137. The maximum absolute atomic E-state index is 13.1. The molecule has 0 spiro atoms. The highest BCUT2D eigenvalue weighted by atomic mass is 79.9. The van der Waals surface area contributed by atoms with Crippen LogP contribution in [0.5, 0.6) is 0 Å². The number of carbonyl (C=O) groups excluding carboxylic acids is 1. The summed E-state index contributed by atoms with van der Waals surface area (Å²) in [6, 6.07) is 9.86. The number of alkyl halides is 4. The molecule has 0 saturated carbocycles. The Labute approximate surface area is 134 Å². The highest BCUT2D eigenvalue weighted by Crippen LogP contribution is 2.38. The van der Waals surface area contributed by atoms with Crippen molar-refractivity contribution in [2.45, 2.75) is 11.5 Å². The van der Waals surface area contributed by atoms with Crippen LogP contribution in [0.4, 0.5) is 13.2 Å². The SMILES string of the molecule is COC(=O)c1ccc(-c2ccccc2C(F)(F)F)c(CBr)c1. The van der Waals surface area contributed by atoms with Crippen molar-refractivity contribution in [3.05, 3.63) is 59.2 Å². The van der Waals surface area contributed by atoms with Gasteiger partial charge in [0.25, 0.3) is 0 Å². The van der Waals surface area contributed by atoms with Gasteiger partial charge in [0.15, 0.2) is 0 Å². The summed E-state index contributed by atoms with van der Waals surface area (Å²) < 4.78 is 44.1. The van der Waals surface area contributed by atoms with Gasteiger partial charge in [0.2, 0.25) is 0 Å². The second-order valence-corrected chi connectivity index (χ2v) is 5.10. The summed E-state index contributed by atoms with van der Waals surface area (Å²) in [6.07, 6.45) is -4.44. The lowest BCUT2D eigenvalue weighted by Crippen LogP contribution is -2.08. The van der Waals surface area contributed by atoms with Crippen LogP contribution in [-0.2, 0) is 16.2 Å². The number of carbonyl (C=O) groups is 1. The Balaban J connectivity index is 2.61. The molecule has 0 N–H and O–H groups in total. The van der Waals surface area contributed by atoms with Crippen LogP contribution in [0.2, 0.25) is 0 Å². The molecule has 0 aromatic heterocycles. The minimum Gasteiger partial charge on any atom is -0.465 e. The number of esters is 1. The van der Waals surface area contributed by atoms with Gasteiger partial charge >= 0.3 is 12.1 Å². The van der Waals surface area contributed by atoms with Crippen molar-refractivity contribution < 1.29 is 22.7 Å².